The Morgan fingerprint density at radius 1 is 1.44 bits per heavy atom. The standard InChI is InChI=1S/C8H14F3O4P/c1-2-3-4-7(8(9,10)11)5-6-15-16(12,13)14/h5-7H,2-4H2,1H3,(H2,12,13,14)/p-2. The largest absolute Gasteiger partial charge is 0.780 e. The molecule has 0 saturated heterocycles. The molecule has 8 heteroatoms. The predicted octanol–water partition coefficient (Wildman–Crippen LogP) is 1.71. The molecule has 0 bridgehead atoms. The van der Waals surface area contributed by atoms with Crippen molar-refractivity contribution >= 4 is 7.82 Å². The van der Waals surface area contributed by atoms with Crippen molar-refractivity contribution in [3.63, 3.8) is 0 Å². The zero-order valence-electron chi connectivity index (χ0n) is 8.57. The summed E-state index contributed by atoms with van der Waals surface area (Å²) < 4.78 is 50.6. The highest BCUT2D eigenvalue weighted by atomic mass is 31.2. The summed E-state index contributed by atoms with van der Waals surface area (Å²) >= 11 is 0. The molecule has 0 saturated carbocycles. The van der Waals surface area contributed by atoms with Crippen molar-refractivity contribution in [2.45, 2.75) is 32.4 Å². The van der Waals surface area contributed by atoms with Gasteiger partial charge in [0.15, 0.2) is 0 Å². The summed E-state index contributed by atoms with van der Waals surface area (Å²) in [7, 11) is -5.25. The number of rotatable bonds is 6. The Bertz CT molecular complexity index is 271. The Morgan fingerprint density at radius 2 is 2.00 bits per heavy atom. The van der Waals surface area contributed by atoms with Crippen molar-refractivity contribution < 1.29 is 32.0 Å². The molecule has 0 rings (SSSR count). The van der Waals surface area contributed by atoms with Crippen LogP contribution in [-0.2, 0) is 9.09 Å². The summed E-state index contributed by atoms with van der Waals surface area (Å²) in [4.78, 5) is 20.0. The van der Waals surface area contributed by atoms with E-state index in [1.807, 2.05) is 0 Å². The Labute approximate surface area is 91.4 Å². The van der Waals surface area contributed by atoms with Crippen molar-refractivity contribution in [3.05, 3.63) is 12.3 Å². The van der Waals surface area contributed by atoms with E-state index in [-0.39, 0.29) is 12.7 Å². The summed E-state index contributed by atoms with van der Waals surface area (Å²) in [5, 5.41) is 0. The minimum atomic E-state index is -5.25. The Balaban J connectivity index is 4.37. The first-order valence-corrected chi connectivity index (χ1v) is 6.06. The summed E-state index contributed by atoms with van der Waals surface area (Å²) in [6, 6.07) is 0. The maximum Gasteiger partial charge on any atom is 0.395 e. The fourth-order valence-corrected chi connectivity index (χ4v) is 1.22. The first-order valence-electron chi connectivity index (χ1n) is 4.60. The second-order valence-corrected chi connectivity index (χ2v) is 4.28. The molecule has 4 nitrogen and oxygen atoms in total. The van der Waals surface area contributed by atoms with Gasteiger partial charge in [-0.3, -0.25) is 0 Å². The van der Waals surface area contributed by atoms with Gasteiger partial charge in [-0.2, -0.15) is 13.2 Å². The monoisotopic (exact) mass is 260 g/mol. The summed E-state index contributed by atoms with van der Waals surface area (Å²) in [5.41, 5.74) is 0. The van der Waals surface area contributed by atoms with Crippen LogP contribution in [0.5, 0.6) is 0 Å². The van der Waals surface area contributed by atoms with E-state index in [0.29, 0.717) is 18.9 Å². The zero-order valence-corrected chi connectivity index (χ0v) is 9.46. The maximum absolute atomic E-state index is 12.3. The van der Waals surface area contributed by atoms with Gasteiger partial charge in [0, 0.05) is 0 Å². The van der Waals surface area contributed by atoms with E-state index in [1.165, 1.54) is 0 Å². The molecule has 96 valence electrons. The Morgan fingerprint density at radius 3 is 2.38 bits per heavy atom. The average molecular weight is 260 g/mol. The molecule has 0 radical (unpaired) electrons. The molecule has 0 amide bonds. The van der Waals surface area contributed by atoms with Crippen LogP contribution >= 0.6 is 7.82 Å². The number of halogens is 3. The molecule has 0 aromatic rings. The lowest BCUT2D eigenvalue weighted by Gasteiger charge is -2.27. The molecule has 0 fully saturated rings. The van der Waals surface area contributed by atoms with Crippen LogP contribution in [0.15, 0.2) is 12.3 Å². The van der Waals surface area contributed by atoms with E-state index in [0.717, 1.165) is 0 Å². The Kier molecular flexibility index (Phi) is 6.07. The molecule has 1 unspecified atom stereocenters. The van der Waals surface area contributed by atoms with Crippen molar-refractivity contribution in [1.82, 2.24) is 0 Å². The van der Waals surface area contributed by atoms with E-state index in [4.69, 9.17) is 0 Å². The van der Waals surface area contributed by atoms with Crippen LogP contribution in [0.3, 0.4) is 0 Å². The fourth-order valence-electron chi connectivity index (χ4n) is 0.998. The molecule has 16 heavy (non-hydrogen) atoms. The SMILES string of the molecule is CCCCC(C=COP(=O)([O-])[O-])C(F)(F)F. The van der Waals surface area contributed by atoms with Crippen LogP contribution in [0, 0.1) is 5.92 Å². The lowest BCUT2D eigenvalue weighted by Crippen LogP contribution is -2.21. The van der Waals surface area contributed by atoms with Gasteiger partial charge >= 0.3 is 6.18 Å². The molecule has 0 aliphatic carbocycles. The molecular formula is C8H12F3O4P-2. The number of unbranched alkanes of at least 4 members (excludes halogenated alkanes) is 1. The number of allylic oxidation sites excluding steroid dienone is 1. The number of hydrogen-bond acceptors (Lipinski definition) is 4. The number of phosphoric ester groups is 1. The van der Waals surface area contributed by atoms with Gasteiger partial charge in [-0.25, -0.2) is 0 Å². The summed E-state index contributed by atoms with van der Waals surface area (Å²) in [6.07, 6.45) is -2.87. The van der Waals surface area contributed by atoms with E-state index in [2.05, 4.69) is 4.52 Å². The molecule has 0 N–H and O–H groups in total. The first-order chi connectivity index (χ1) is 7.17. The molecule has 0 spiro atoms. The van der Waals surface area contributed by atoms with Crippen LogP contribution in [0.4, 0.5) is 13.2 Å². The highest BCUT2D eigenvalue weighted by Gasteiger charge is 2.37. The first kappa shape index (κ1) is 15.5. The second-order valence-electron chi connectivity index (χ2n) is 3.17. The van der Waals surface area contributed by atoms with Gasteiger partial charge in [0.1, 0.15) is 7.82 Å². The van der Waals surface area contributed by atoms with Crippen LogP contribution in [-0.4, -0.2) is 6.18 Å². The van der Waals surface area contributed by atoms with Crippen molar-refractivity contribution in [2.75, 3.05) is 0 Å². The van der Waals surface area contributed by atoms with Crippen molar-refractivity contribution in [1.29, 1.82) is 0 Å². The summed E-state index contributed by atoms with van der Waals surface area (Å²) in [6.45, 7) is 1.73. The van der Waals surface area contributed by atoms with Gasteiger partial charge in [0.2, 0.25) is 0 Å². The van der Waals surface area contributed by atoms with Crippen LogP contribution in [0.1, 0.15) is 26.2 Å². The van der Waals surface area contributed by atoms with Crippen LogP contribution in [0.2, 0.25) is 0 Å². The molecule has 0 aliphatic rings. The second kappa shape index (κ2) is 6.27. The van der Waals surface area contributed by atoms with Crippen molar-refractivity contribution in [2.24, 2.45) is 5.92 Å². The molecule has 0 aromatic heterocycles. The summed E-state index contributed by atoms with van der Waals surface area (Å²) in [5.74, 6) is -1.79. The van der Waals surface area contributed by atoms with Gasteiger partial charge in [-0.05, 0) is 12.5 Å². The highest BCUT2D eigenvalue weighted by Crippen LogP contribution is 2.32. The normalized spacial score (nSPS) is 15.4. The third kappa shape index (κ3) is 7.73. The molecule has 0 heterocycles. The number of phosphoric acid groups is 1. The minimum Gasteiger partial charge on any atom is -0.780 e. The maximum atomic E-state index is 12.3. The zero-order chi connectivity index (χ0) is 12.8. The van der Waals surface area contributed by atoms with Gasteiger partial charge < -0.3 is 18.9 Å². The van der Waals surface area contributed by atoms with Gasteiger partial charge in [0.05, 0.1) is 12.2 Å². The van der Waals surface area contributed by atoms with Crippen molar-refractivity contribution in [3.8, 4) is 0 Å². The molecular weight excluding hydrogens is 248 g/mol. The smallest absolute Gasteiger partial charge is 0.395 e. The quantitative estimate of drug-likeness (QED) is 0.538. The molecule has 1 atom stereocenters. The Hall–Kier alpha value is -0.520. The number of hydrogen-bond donors (Lipinski definition) is 0. The van der Waals surface area contributed by atoms with Gasteiger partial charge in [0.25, 0.3) is 0 Å². The molecule has 0 aromatic carbocycles. The van der Waals surface area contributed by atoms with Gasteiger partial charge in [-0.1, -0.05) is 19.8 Å². The third-order valence-electron chi connectivity index (χ3n) is 1.79. The fraction of sp³-hybridized carbons (Fsp3) is 0.750. The van der Waals surface area contributed by atoms with E-state index in [9.17, 15) is 27.5 Å². The molecule has 0 aliphatic heterocycles. The lowest BCUT2D eigenvalue weighted by atomic mass is 10.0. The highest BCUT2D eigenvalue weighted by molar-refractivity contribution is 7.43. The van der Waals surface area contributed by atoms with E-state index >= 15 is 0 Å². The van der Waals surface area contributed by atoms with E-state index in [1.54, 1.807) is 6.92 Å². The topological polar surface area (TPSA) is 72.4 Å². The third-order valence-corrected chi connectivity index (χ3v) is 2.17. The average Bonchev–Trinajstić information content (AvgIpc) is 2.06. The van der Waals surface area contributed by atoms with Gasteiger partial charge in [-0.15, -0.1) is 0 Å². The van der Waals surface area contributed by atoms with E-state index < -0.39 is 19.9 Å². The van der Waals surface area contributed by atoms with Crippen LogP contribution in [0.25, 0.3) is 0 Å². The lowest BCUT2D eigenvalue weighted by molar-refractivity contribution is -0.337. The minimum absolute atomic E-state index is 0.165. The predicted molar refractivity (Wildman–Crippen MR) is 46.9 cm³/mol. The number of alkyl halides is 3. The van der Waals surface area contributed by atoms with Crippen LogP contribution < -0.4 is 9.79 Å².